The molecule has 3 rings (SSSR count). The number of nitro benzene ring substituents is 1. The molecule has 0 aliphatic heterocycles. The van der Waals surface area contributed by atoms with E-state index >= 15 is 0 Å². The van der Waals surface area contributed by atoms with Crippen LogP contribution < -0.4 is 10.1 Å². The van der Waals surface area contributed by atoms with E-state index in [0.717, 1.165) is 18.4 Å². The minimum atomic E-state index is -0.585. The average Bonchev–Trinajstić information content (AvgIpc) is 3.37. The molecule has 0 spiro atoms. The van der Waals surface area contributed by atoms with Gasteiger partial charge < -0.3 is 10.1 Å². The highest BCUT2D eigenvalue weighted by Crippen LogP contribution is 2.49. The second-order valence-electron chi connectivity index (χ2n) is 5.57. The fourth-order valence-corrected chi connectivity index (χ4v) is 2.63. The summed E-state index contributed by atoms with van der Waals surface area (Å²) < 4.78 is 5.14. The van der Waals surface area contributed by atoms with Crippen molar-refractivity contribution in [3.05, 3.63) is 64.2 Å². The van der Waals surface area contributed by atoms with Crippen LogP contribution in [0.1, 0.15) is 18.4 Å². The van der Waals surface area contributed by atoms with Gasteiger partial charge in [0.05, 0.1) is 17.4 Å². The van der Waals surface area contributed by atoms with Crippen molar-refractivity contribution >= 4 is 17.3 Å². The minimum absolute atomic E-state index is 0.0257. The fraction of sp³-hybridized carbons (Fsp3) is 0.235. The van der Waals surface area contributed by atoms with Gasteiger partial charge in [0, 0.05) is 23.9 Å². The van der Waals surface area contributed by atoms with Crippen molar-refractivity contribution in [1.82, 2.24) is 0 Å². The Labute approximate surface area is 133 Å². The topological polar surface area (TPSA) is 81.5 Å². The monoisotopic (exact) mass is 312 g/mol. The van der Waals surface area contributed by atoms with E-state index in [1.165, 1.54) is 12.1 Å². The number of nitrogens with one attached hydrogen (secondary N) is 1. The fourth-order valence-electron chi connectivity index (χ4n) is 2.63. The maximum absolute atomic E-state index is 12.6. The Kier molecular flexibility index (Phi) is 3.73. The highest BCUT2D eigenvalue weighted by molar-refractivity contribution is 6.01. The molecule has 0 aromatic heterocycles. The van der Waals surface area contributed by atoms with Crippen molar-refractivity contribution in [2.75, 3.05) is 12.4 Å². The van der Waals surface area contributed by atoms with Crippen molar-refractivity contribution < 1.29 is 14.5 Å². The lowest BCUT2D eigenvalue weighted by atomic mass is 9.94. The Morgan fingerprint density at radius 2 is 1.91 bits per heavy atom. The van der Waals surface area contributed by atoms with Gasteiger partial charge in [0.15, 0.2) is 0 Å². The molecule has 0 atom stereocenters. The molecule has 0 heterocycles. The lowest BCUT2D eigenvalue weighted by Crippen LogP contribution is -2.27. The van der Waals surface area contributed by atoms with Crippen molar-refractivity contribution in [1.29, 1.82) is 0 Å². The summed E-state index contributed by atoms with van der Waals surface area (Å²) in [6, 6.07) is 13.4. The lowest BCUT2D eigenvalue weighted by Gasteiger charge is -2.16. The van der Waals surface area contributed by atoms with Crippen molar-refractivity contribution in [2.24, 2.45) is 0 Å². The number of rotatable bonds is 5. The number of hydrogen-bond donors (Lipinski definition) is 1. The number of non-ortho nitro benzene ring substituents is 1. The Bertz CT molecular complexity index is 751. The smallest absolute Gasteiger partial charge is 0.269 e. The first-order valence-corrected chi connectivity index (χ1v) is 7.26. The Morgan fingerprint density at radius 3 is 2.48 bits per heavy atom. The third kappa shape index (κ3) is 2.88. The quantitative estimate of drug-likeness (QED) is 0.678. The van der Waals surface area contributed by atoms with Crippen LogP contribution in [-0.2, 0) is 10.2 Å². The summed E-state index contributed by atoms with van der Waals surface area (Å²) in [6.07, 6.45) is 1.47. The summed E-state index contributed by atoms with van der Waals surface area (Å²) in [5, 5.41) is 13.6. The third-order valence-corrected chi connectivity index (χ3v) is 4.14. The molecular weight excluding hydrogens is 296 g/mol. The normalized spacial score (nSPS) is 14.8. The Hall–Kier alpha value is -2.89. The summed E-state index contributed by atoms with van der Waals surface area (Å²) in [5.41, 5.74) is 0.918. The van der Waals surface area contributed by atoms with E-state index in [0.29, 0.717) is 11.4 Å². The molecule has 1 aliphatic carbocycles. The highest BCUT2D eigenvalue weighted by Gasteiger charge is 2.51. The molecule has 0 saturated heterocycles. The first-order valence-electron chi connectivity index (χ1n) is 7.26. The number of nitro groups is 1. The Morgan fingerprint density at radius 1 is 1.22 bits per heavy atom. The second-order valence-corrected chi connectivity index (χ2v) is 5.57. The van der Waals surface area contributed by atoms with Gasteiger partial charge >= 0.3 is 0 Å². The predicted octanol–water partition coefficient (Wildman–Crippen LogP) is 3.27. The molecule has 0 bridgehead atoms. The van der Waals surface area contributed by atoms with E-state index in [-0.39, 0.29) is 11.6 Å². The summed E-state index contributed by atoms with van der Waals surface area (Å²) in [7, 11) is 1.57. The van der Waals surface area contributed by atoms with Crippen LogP contribution in [0, 0.1) is 10.1 Å². The van der Waals surface area contributed by atoms with E-state index in [4.69, 9.17) is 4.74 Å². The number of amides is 1. The van der Waals surface area contributed by atoms with E-state index < -0.39 is 10.3 Å². The number of benzene rings is 2. The van der Waals surface area contributed by atoms with Gasteiger partial charge in [0.25, 0.3) is 5.69 Å². The van der Waals surface area contributed by atoms with Crippen LogP contribution in [0.25, 0.3) is 0 Å². The number of hydrogen-bond acceptors (Lipinski definition) is 4. The van der Waals surface area contributed by atoms with Gasteiger partial charge in [-0.05, 0) is 30.5 Å². The molecule has 0 radical (unpaired) electrons. The first kappa shape index (κ1) is 15.0. The minimum Gasteiger partial charge on any atom is -0.497 e. The number of carbonyl (C=O) groups excluding carboxylic acids is 1. The third-order valence-electron chi connectivity index (χ3n) is 4.14. The van der Waals surface area contributed by atoms with Crippen LogP contribution in [-0.4, -0.2) is 17.9 Å². The predicted molar refractivity (Wildman–Crippen MR) is 85.6 cm³/mol. The zero-order valence-electron chi connectivity index (χ0n) is 12.6. The van der Waals surface area contributed by atoms with Gasteiger partial charge in [0.1, 0.15) is 5.75 Å². The van der Waals surface area contributed by atoms with Gasteiger partial charge in [-0.25, -0.2) is 0 Å². The molecule has 1 amide bonds. The molecule has 1 saturated carbocycles. The van der Waals surface area contributed by atoms with Crippen molar-refractivity contribution in [3.63, 3.8) is 0 Å². The lowest BCUT2D eigenvalue weighted by molar-refractivity contribution is -0.384. The van der Waals surface area contributed by atoms with Crippen LogP contribution in [0.5, 0.6) is 5.75 Å². The molecule has 2 aromatic carbocycles. The largest absolute Gasteiger partial charge is 0.497 e. The highest BCUT2D eigenvalue weighted by atomic mass is 16.6. The number of nitrogens with zero attached hydrogens (tertiary/aromatic N) is 1. The Balaban J connectivity index is 1.79. The van der Waals surface area contributed by atoms with Crippen LogP contribution in [0.2, 0.25) is 0 Å². The van der Waals surface area contributed by atoms with Crippen LogP contribution >= 0.6 is 0 Å². The van der Waals surface area contributed by atoms with Crippen molar-refractivity contribution in [2.45, 2.75) is 18.3 Å². The molecule has 1 N–H and O–H groups in total. The molecule has 0 unspecified atom stereocenters. The summed E-state index contributed by atoms with van der Waals surface area (Å²) >= 11 is 0. The molecule has 1 aliphatic rings. The number of ether oxygens (including phenoxy) is 1. The molecule has 6 heteroatoms. The van der Waals surface area contributed by atoms with E-state index in [1.807, 2.05) is 0 Å². The zero-order valence-corrected chi connectivity index (χ0v) is 12.6. The number of anilines is 1. The van der Waals surface area contributed by atoms with Crippen LogP contribution in [0.3, 0.4) is 0 Å². The molecule has 118 valence electrons. The first-order chi connectivity index (χ1) is 11.0. The maximum Gasteiger partial charge on any atom is 0.269 e. The van der Waals surface area contributed by atoms with Crippen LogP contribution in [0.4, 0.5) is 11.4 Å². The maximum atomic E-state index is 12.6. The second kappa shape index (κ2) is 5.72. The van der Waals surface area contributed by atoms with Gasteiger partial charge in [-0.3, -0.25) is 14.9 Å². The van der Waals surface area contributed by atoms with Crippen LogP contribution in [0.15, 0.2) is 48.5 Å². The summed E-state index contributed by atoms with van der Waals surface area (Å²) in [5.74, 6) is 0.572. The zero-order chi connectivity index (χ0) is 16.4. The molecule has 2 aromatic rings. The van der Waals surface area contributed by atoms with E-state index in [2.05, 4.69) is 5.32 Å². The van der Waals surface area contributed by atoms with E-state index in [9.17, 15) is 14.9 Å². The van der Waals surface area contributed by atoms with Crippen molar-refractivity contribution in [3.8, 4) is 5.75 Å². The summed E-state index contributed by atoms with van der Waals surface area (Å²) in [6.45, 7) is 0. The number of carbonyl (C=O) groups is 1. The average molecular weight is 312 g/mol. The van der Waals surface area contributed by atoms with Gasteiger partial charge in [-0.1, -0.05) is 18.2 Å². The molecule has 6 nitrogen and oxygen atoms in total. The SMILES string of the molecule is COc1cccc(NC(=O)C2(c3ccc([N+](=O)[O-])cc3)CC2)c1. The van der Waals surface area contributed by atoms with Gasteiger partial charge in [-0.2, -0.15) is 0 Å². The standard InChI is InChI=1S/C17H16N2O4/c1-23-15-4-2-3-13(11-15)18-16(20)17(9-10-17)12-5-7-14(8-6-12)19(21)22/h2-8,11H,9-10H2,1H3,(H,18,20). The molecular formula is C17H16N2O4. The molecule has 1 fully saturated rings. The van der Waals surface area contributed by atoms with Gasteiger partial charge in [-0.15, -0.1) is 0 Å². The number of methoxy groups -OCH3 is 1. The van der Waals surface area contributed by atoms with Gasteiger partial charge in [0.2, 0.25) is 5.91 Å². The van der Waals surface area contributed by atoms with E-state index in [1.54, 1.807) is 43.5 Å². The summed E-state index contributed by atoms with van der Waals surface area (Å²) in [4.78, 5) is 22.9. The molecule has 23 heavy (non-hydrogen) atoms.